The standard InChI is InChI=1S/C17H25ClN2O.ClH/c18-15-4-3-14(17(10-15)21-11-12-1-2-12)9-16(19)13-5-7-20-8-6-13;/h3-4,10,12-13,16,20H,1-2,5-9,11,19H2;1H. The number of benzene rings is 1. The molecule has 124 valence electrons. The molecule has 0 spiro atoms. The van der Waals surface area contributed by atoms with E-state index in [1.807, 2.05) is 12.1 Å². The smallest absolute Gasteiger partial charge is 0.124 e. The molecule has 1 unspecified atom stereocenters. The summed E-state index contributed by atoms with van der Waals surface area (Å²) < 4.78 is 5.98. The molecule has 0 bridgehead atoms. The molecule has 3 nitrogen and oxygen atoms in total. The molecule has 3 rings (SSSR count). The van der Waals surface area contributed by atoms with Gasteiger partial charge < -0.3 is 15.8 Å². The molecule has 2 aliphatic rings. The number of hydrogen-bond donors (Lipinski definition) is 2. The predicted octanol–water partition coefficient (Wildman–Crippen LogP) is 3.42. The summed E-state index contributed by atoms with van der Waals surface area (Å²) >= 11 is 6.11. The Morgan fingerprint density at radius 1 is 1.23 bits per heavy atom. The highest BCUT2D eigenvalue weighted by Crippen LogP contribution is 2.32. The predicted molar refractivity (Wildman–Crippen MR) is 94.2 cm³/mol. The van der Waals surface area contributed by atoms with Gasteiger partial charge in [0.1, 0.15) is 5.75 Å². The van der Waals surface area contributed by atoms with Gasteiger partial charge in [-0.15, -0.1) is 12.4 Å². The average molecular weight is 345 g/mol. The highest BCUT2D eigenvalue weighted by molar-refractivity contribution is 6.30. The van der Waals surface area contributed by atoms with E-state index in [-0.39, 0.29) is 18.4 Å². The molecule has 1 atom stereocenters. The zero-order valence-corrected chi connectivity index (χ0v) is 14.5. The molecular formula is C17H26Cl2N2O. The number of rotatable bonds is 6. The summed E-state index contributed by atoms with van der Waals surface area (Å²) in [6, 6.07) is 6.16. The van der Waals surface area contributed by atoms with Gasteiger partial charge in [-0.25, -0.2) is 0 Å². The molecule has 0 aromatic heterocycles. The maximum atomic E-state index is 6.44. The van der Waals surface area contributed by atoms with Crippen molar-refractivity contribution in [3.8, 4) is 5.75 Å². The van der Waals surface area contributed by atoms with Crippen LogP contribution in [0.25, 0.3) is 0 Å². The summed E-state index contributed by atoms with van der Waals surface area (Å²) in [5, 5.41) is 4.13. The first-order valence-electron chi connectivity index (χ1n) is 8.10. The fraction of sp³-hybridized carbons (Fsp3) is 0.647. The Hall–Kier alpha value is -0.480. The third-order valence-electron chi connectivity index (χ3n) is 4.65. The second-order valence-electron chi connectivity index (χ2n) is 6.46. The fourth-order valence-corrected chi connectivity index (χ4v) is 3.18. The molecule has 1 aliphatic carbocycles. The lowest BCUT2D eigenvalue weighted by Gasteiger charge is -2.28. The normalized spacial score (nSPS) is 20.3. The summed E-state index contributed by atoms with van der Waals surface area (Å²) in [4.78, 5) is 0. The minimum Gasteiger partial charge on any atom is -0.493 e. The van der Waals surface area contributed by atoms with Crippen LogP contribution in [0.5, 0.6) is 5.75 Å². The van der Waals surface area contributed by atoms with Crippen LogP contribution in [-0.2, 0) is 6.42 Å². The Balaban J connectivity index is 0.00000176. The van der Waals surface area contributed by atoms with Crippen LogP contribution in [0.3, 0.4) is 0 Å². The molecule has 22 heavy (non-hydrogen) atoms. The quantitative estimate of drug-likeness (QED) is 0.831. The van der Waals surface area contributed by atoms with E-state index in [2.05, 4.69) is 11.4 Å². The van der Waals surface area contributed by atoms with E-state index in [4.69, 9.17) is 22.1 Å². The lowest BCUT2D eigenvalue weighted by atomic mass is 9.87. The van der Waals surface area contributed by atoms with Crippen LogP contribution in [-0.4, -0.2) is 25.7 Å². The van der Waals surface area contributed by atoms with Gasteiger partial charge in [0.05, 0.1) is 6.61 Å². The SMILES string of the molecule is Cl.NC(Cc1ccc(Cl)cc1OCC1CC1)C1CCNCC1. The lowest BCUT2D eigenvalue weighted by molar-refractivity contribution is 0.289. The number of nitrogens with one attached hydrogen (secondary N) is 1. The van der Waals surface area contributed by atoms with Crippen molar-refractivity contribution in [3.63, 3.8) is 0 Å². The molecule has 1 saturated carbocycles. The zero-order chi connectivity index (χ0) is 14.7. The van der Waals surface area contributed by atoms with Gasteiger partial charge in [0.15, 0.2) is 0 Å². The number of nitrogens with two attached hydrogens (primary N) is 1. The Bertz CT molecular complexity index is 474. The second-order valence-corrected chi connectivity index (χ2v) is 6.90. The molecular weight excluding hydrogens is 319 g/mol. The van der Waals surface area contributed by atoms with E-state index in [1.54, 1.807) is 0 Å². The van der Waals surface area contributed by atoms with Crippen molar-refractivity contribution in [1.82, 2.24) is 5.32 Å². The van der Waals surface area contributed by atoms with E-state index in [9.17, 15) is 0 Å². The third-order valence-corrected chi connectivity index (χ3v) is 4.88. The monoisotopic (exact) mass is 344 g/mol. The van der Waals surface area contributed by atoms with E-state index in [0.29, 0.717) is 5.92 Å². The average Bonchev–Trinajstić information content (AvgIpc) is 3.32. The molecule has 0 radical (unpaired) electrons. The Kier molecular flexibility index (Phi) is 6.82. The van der Waals surface area contributed by atoms with Crippen LogP contribution in [0.1, 0.15) is 31.2 Å². The second kappa shape index (κ2) is 8.39. The highest BCUT2D eigenvalue weighted by atomic mass is 35.5. The molecule has 1 aliphatic heterocycles. The summed E-state index contributed by atoms with van der Waals surface area (Å²) in [6.07, 6.45) is 5.82. The van der Waals surface area contributed by atoms with Crippen molar-refractivity contribution < 1.29 is 4.74 Å². The minimum absolute atomic E-state index is 0. The van der Waals surface area contributed by atoms with E-state index in [1.165, 1.54) is 31.2 Å². The molecule has 5 heteroatoms. The first-order chi connectivity index (χ1) is 10.2. The van der Waals surface area contributed by atoms with Gasteiger partial charge in [-0.3, -0.25) is 0 Å². The van der Waals surface area contributed by atoms with Gasteiger partial charge >= 0.3 is 0 Å². The molecule has 2 fully saturated rings. The van der Waals surface area contributed by atoms with Gasteiger partial charge in [-0.2, -0.15) is 0 Å². The summed E-state index contributed by atoms with van der Waals surface area (Å²) in [5.41, 5.74) is 7.64. The number of hydrogen-bond acceptors (Lipinski definition) is 3. The number of ether oxygens (including phenoxy) is 1. The Morgan fingerprint density at radius 3 is 2.64 bits per heavy atom. The maximum absolute atomic E-state index is 6.44. The highest BCUT2D eigenvalue weighted by Gasteiger charge is 2.24. The lowest BCUT2D eigenvalue weighted by Crippen LogP contribution is -2.39. The fourth-order valence-electron chi connectivity index (χ4n) is 3.02. The first-order valence-corrected chi connectivity index (χ1v) is 8.47. The van der Waals surface area contributed by atoms with E-state index >= 15 is 0 Å². The molecule has 3 N–H and O–H groups in total. The molecule has 1 heterocycles. The Morgan fingerprint density at radius 2 is 1.95 bits per heavy atom. The van der Waals surface area contributed by atoms with Gasteiger partial charge in [0, 0.05) is 11.1 Å². The largest absolute Gasteiger partial charge is 0.493 e. The summed E-state index contributed by atoms with van der Waals surface area (Å²) in [6.45, 7) is 2.99. The van der Waals surface area contributed by atoms with Crippen molar-refractivity contribution in [3.05, 3.63) is 28.8 Å². The molecule has 1 aromatic rings. The maximum Gasteiger partial charge on any atom is 0.124 e. The van der Waals surface area contributed by atoms with Gasteiger partial charge in [-0.1, -0.05) is 17.7 Å². The minimum atomic E-state index is 0. The molecule has 1 saturated heterocycles. The molecule has 0 amide bonds. The van der Waals surface area contributed by atoms with Crippen molar-refractivity contribution in [2.24, 2.45) is 17.6 Å². The summed E-state index contributed by atoms with van der Waals surface area (Å²) in [5.74, 6) is 2.28. The number of halogens is 2. The van der Waals surface area contributed by atoms with Crippen LogP contribution in [0, 0.1) is 11.8 Å². The Labute approximate surface area is 144 Å². The summed E-state index contributed by atoms with van der Waals surface area (Å²) in [7, 11) is 0. The zero-order valence-electron chi connectivity index (χ0n) is 12.9. The van der Waals surface area contributed by atoms with Crippen LogP contribution in [0.4, 0.5) is 0 Å². The topological polar surface area (TPSA) is 47.3 Å². The van der Waals surface area contributed by atoms with E-state index in [0.717, 1.165) is 42.8 Å². The molecule has 1 aromatic carbocycles. The number of piperidine rings is 1. The van der Waals surface area contributed by atoms with Crippen molar-refractivity contribution in [2.75, 3.05) is 19.7 Å². The first kappa shape index (κ1) is 17.9. The van der Waals surface area contributed by atoms with Crippen molar-refractivity contribution in [2.45, 2.75) is 38.1 Å². The van der Waals surface area contributed by atoms with Crippen LogP contribution in [0.2, 0.25) is 5.02 Å². The van der Waals surface area contributed by atoms with Gasteiger partial charge in [-0.05, 0) is 74.7 Å². The van der Waals surface area contributed by atoms with Crippen LogP contribution in [0.15, 0.2) is 18.2 Å². The van der Waals surface area contributed by atoms with Crippen LogP contribution >= 0.6 is 24.0 Å². The van der Waals surface area contributed by atoms with Crippen molar-refractivity contribution in [1.29, 1.82) is 0 Å². The van der Waals surface area contributed by atoms with Crippen LogP contribution < -0.4 is 15.8 Å². The van der Waals surface area contributed by atoms with E-state index < -0.39 is 0 Å². The third kappa shape index (κ3) is 5.02. The van der Waals surface area contributed by atoms with Gasteiger partial charge in [0.2, 0.25) is 0 Å². The van der Waals surface area contributed by atoms with Gasteiger partial charge in [0.25, 0.3) is 0 Å². The van der Waals surface area contributed by atoms with Crippen molar-refractivity contribution >= 4 is 24.0 Å².